The van der Waals surface area contributed by atoms with Gasteiger partial charge in [0.1, 0.15) is 0 Å². The lowest BCUT2D eigenvalue weighted by molar-refractivity contribution is 0.0516. The zero-order valence-electron chi connectivity index (χ0n) is 9.56. The summed E-state index contributed by atoms with van der Waals surface area (Å²) in [7, 11) is 0. The average molecular weight is 226 g/mol. The summed E-state index contributed by atoms with van der Waals surface area (Å²) in [6.45, 7) is 4.81. The molecule has 1 atom stereocenters. The van der Waals surface area contributed by atoms with E-state index >= 15 is 0 Å². The van der Waals surface area contributed by atoms with Crippen LogP contribution in [0.25, 0.3) is 0 Å². The molecule has 16 heavy (non-hydrogen) atoms. The second-order valence-corrected chi connectivity index (χ2v) is 3.85. The molecule has 90 valence electrons. The van der Waals surface area contributed by atoms with Crippen molar-refractivity contribution < 1.29 is 9.15 Å². The van der Waals surface area contributed by atoms with Gasteiger partial charge in [0.05, 0.1) is 12.6 Å². The summed E-state index contributed by atoms with van der Waals surface area (Å²) in [4.78, 5) is 2.07. The molecular formula is C10H18N4O2. The Hall–Kier alpha value is -1.14. The minimum absolute atomic E-state index is 0.270. The number of rotatable bonds is 4. The van der Waals surface area contributed by atoms with Crippen LogP contribution in [0.5, 0.6) is 0 Å². The maximum Gasteiger partial charge on any atom is 0.318 e. The maximum absolute atomic E-state index is 5.61. The van der Waals surface area contributed by atoms with E-state index in [0.29, 0.717) is 11.9 Å². The Bertz CT molecular complexity index is 326. The van der Waals surface area contributed by atoms with E-state index < -0.39 is 0 Å². The third kappa shape index (κ3) is 2.51. The van der Waals surface area contributed by atoms with E-state index in [1.165, 1.54) is 0 Å². The van der Waals surface area contributed by atoms with E-state index in [1.54, 1.807) is 0 Å². The number of anilines is 1. The van der Waals surface area contributed by atoms with E-state index in [0.717, 1.165) is 32.5 Å². The summed E-state index contributed by atoms with van der Waals surface area (Å²) in [5.74, 6) is 0.480. The van der Waals surface area contributed by atoms with Crippen LogP contribution in [0.15, 0.2) is 4.42 Å². The molecule has 2 rings (SSSR count). The number of piperidine rings is 1. The van der Waals surface area contributed by atoms with Crippen molar-refractivity contribution in [2.75, 3.05) is 24.6 Å². The van der Waals surface area contributed by atoms with Gasteiger partial charge in [0.25, 0.3) is 0 Å². The largest absolute Gasteiger partial charge is 0.407 e. The predicted molar refractivity (Wildman–Crippen MR) is 59.1 cm³/mol. The van der Waals surface area contributed by atoms with Crippen molar-refractivity contribution in [3.8, 4) is 0 Å². The second kappa shape index (κ2) is 5.27. The molecule has 1 unspecified atom stereocenters. The summed E-state index contributed by atoms with van der Waals surface area (Å²) < 4.78 is 11.0. The molecule has 2 heterocycles. The summed E-state index contributed by atoms with van der Waals surface area (Å²) in [6.07, 6.45) is 2.46. The first kappa shape index (κ1) is 11.3. The van der Waals surface area contributed by atoms with Crippen LogP contribution < -0.4 is 10.6 Å². The molecule has 1 aromatic heterocycles. The first-order valence-corrected chi connectivity index (χ1v) is 5.72. The fraction of sp³-hybridized carbons (Fsp3) is 0.800. The summed E-state index contributed by atoms with van der Waals surface area (Å²) >= 11 is 0. The molecule has 0 spiro atoms. The van der Waals surface area contributed by atoms with Crippen LogP contribution in [0, 0.1) is 0 Å². The van der Waals surface area contributed by atoms with Gasteiger partial charge in [-0.05, 0) is 19.8 Å². The second-order valence-electron chi connectivity index (χ2n) is 3.85. The van der Waals surface area contributed by atoms with Crippen molar-refractivity contribution in [2.24, 2.45) is 5.73 Å². The molecule has 1 aliphatic rings. The maximum atomic E-state index is 5.61. The van der Waals surface area contributed by atoms with Gasteiger partial charge in [0.15, 0.2) is 0 Å². The molecule has 1 aliphatic heterocycles. The molecule has 0 aromatic carbocycles. The number of hydrogen-bond donors (Lipinski definition) is 1. The quantitative estimate of drug-likeness (QED) is 0.807. The lowest BCUT2D eigenvalue weighted by Gasteiger charge is -2.30. The van der Waals surface area contributed by atoms with Crippen molar-refractivity contribution in [1.29, 1.82) is 0 Å². The monoisotopic (exact) mass is 226 g/mol. The van der Waals surface area contributed by atoms with Gasteiger partial charge in [-0.3, -0.25) is 0 Å². The van der Waals surface area contributed by atoms with E-state index in [4.69, 9.17) is 14.9 Å². The lowest BCUT2D eigenvalue weighted by Crippen LogP contribution is -2.39. The van der Waals surface area contributed by atoms with Gasteiger partial charge in [-0.1, -0.05) is 5.10 Å². The number of aromatic nitrogens is 2. The van der Waals surface area contributed by atoms with Crippen LogP contribution in [-0.4, -0.2) is 36.0 Å². The highest BCUT2D eigenvalue weighted by Gasteiger charge is 2.23. The van der Waals surface area contributed by atoms with Crippen LogP contribution in [-0.2, 0) is 11.3 Å². The number of nitrogens with two attached hydrogens (primary N) is 1. The lowest BCUT2D eigenvalue weighted by atomic mass is 10.1. The minimum atomic E-state index is 0.270. The van der Waals surface area contributed by atoms with Crippen LogP contribution in [0.1, 0.15) is 25.7 Å². The highest BCUT2D eigenvalue weighted by molar-refractivity contribution is 5.25. The fourth-order valence-corrected chi connectivity index (χ4v) is 1.94. The molecule has 1 saturated heterocycles. The molecule has 0 radical (unpaired) electrons. The Kier molecular flexibility index (Phi) is 3.74. The Morgan fingerprint density at radius 1 is 1.56 bits per heavy atom. The molecule has 1 aromatic rings. The standard InChI is InChI=1S/C10H18N4O2/c1-2-15-8-4-3-5-14(7-8)10-13-12-9(6-11)16-10/h8H,2-7,11H2,1H3. The van der Waals surface area contributed by atoms with Crippen molar-refractivity contribution in [1.82, 2.24) is 10.2 Å². The summed E-state index contributed by atoms with van der Waals surface area (Å²) in [5, 5.41) is 7.84. The molecular weight excluding hydrogens is 208 g/mol. The first-order chi connectivity index (χ1) is 7.83. The van der Waals surface area contributed by atoms with Gasteiger partial charge in [-0.2, -0.15) is 0 Å². The van der Waals surface area contributed by atoms with Crippen LogP contribution in [0.2, 0.25) is 0 Å². The third-order valence-corrected chi connectivity index (χ3v) is 2.68. The van der Waals surface area contributed by atoms with Crippen LogP contribution in [0.3, 0.4) is 0 Å². The highest BCUT2D eigenvalue weighted by Crippen LogP contribution is 2.19. The summed E-state index contributed by atoms with van der Waals surface area (Å²) in [6, 6.07) is 0.560. The predicted octanol–water partition coefficient (Wildman–Crippen LogP) is 0.534. The van der Waals surface area contributed by atoms with Crippen LogP contribution in [0.4, 0.5) is 6.01 Å². The van der Waals surface area contributed by atoms with Crippen molar-refractivity contribution in [3.63, 3.8) is 0 Å². The average Bonchev–Trinajstić information content (AvgIpc) is 2.78. The van der Waals surface area contributed by atoms with Crippen molar-refractivity contribution >= 4 is 6.01 Å². The highest BCUT2D eigenvalue weighted by atomic mass is 16.5. The first-order valence-electron chi connectivity index (χ1n) is 5.72. The van der Waals surface area contributed by atoms with E-state index in [-0.39, 0.29) is 12.6 Å². The topological polar surface area (TPSA) is 77.4 Å². The Balaban J connectivity index is 1.98. The number of hydrogen-bond acceptors (Lipinski definition) is 6. The molecule has 0 amide bonds. The van der Waals surface area contributed by atoms with Gasteiger partial charge in [0.2, 0.25) is 5.89 Å². The van der Waals surface area contributed by atoms with Crippen molar-refractivity contribution in [3.05, 3.63) is 5.89 Å². The zero-order chi connectivity index (χ0) is 11.4. The van der Waals surface area contributed by atoms with Crippen LogP contribution >= 0.6 is 0 Å². The van der Waals surface area contributed by atoms with Crippen molar-refractivity contribution in [2.45, 2.75) is 32.4 Å². The number of ether oxygens (including phenoxy) is 1. The van der Waals surface area contributed by atoms with E-state index in [9.17, 15) is 0 Å². The molecule has 0 bridgehead atoms. The normalized spacial score (nSPS) is 21.4. The van der Waals surface area contributed by atoms with Gasteiger partial charge in [-0.15, -0.1) is 5.10 Å². The van der Waals surface area contributed by atoms with Gasteiger partial charge < -0.3 is 19.8 Å². The van der Waals surface area contributed by atoms with Gasteiger partial charge in [-0.25, -0.2) is 0 Å². The zero-order valence-corrected chi connectivity index (χ0v) is 9.56. The Morgan fingerprint density at radius 3 is 3.12 bits per heavy atom. The smallest absolute Gasteiger partial charge is 0.318 e. The molecule has 6 nitrogen and oxygen atoms in total. The number of nitrogens with zero attached hydrogens (tertiary/aromatic N) is 3. The molecule has 6 heteroatoms. The van der Waals surface area contributed by atoms with Gasteiger partial charge in [0, 0.05) is 19.7 Å². The van der Waals surface area contributed by atoms with E-state index in [1.807, 2.05) is 6.92 Å². The van der Waals surface area contributed by atoms with Gasteiger partial charge >= 0.3 is 6.01 Å². The Morgan fingerprint density at radius 2 is 2.44 bits per heavy atom. The Labute approximate surface area is 94.8 Å². The third-order valence-electron chi connectivity index (χ3n) is 2.68. The molecule has 0 saturated carbocycles. The fourth-order valence-electron chi connectivity index (χ4n) is 1.94. The summed E-state index contributed by atoms with van der Waals surface area (Å²) in [5.41, 5.74) is 5.43. The minimum Gasteiger partial charge on any atom is -0.407 e. The molecule has 0 aliphatic carbocycles. The molecule has 1 fully saturated rings. The SMILES string of the molecule is CCOC1CCCN(c2nnc(CN)o2)C1. The van der Waals surface area contributed by atoms with E-state index in [2.05, 4.69) is 15.1 Å². The molecule has 2 N–H and O–H groups in total.